The molecule has 0 saturated carbocycles. The third-order valence-electron chi connectivity index (χ3n) is 3.74. The van der Waals surface area contributed by atoms with Crippen LogP contribution in [0.15, 0.2) is 24.3 Å². The monoisotopic (exact) mass is 320 g/mol. The minimum Gasteiger partial charge on any atom is -0.352 e. The highest BCUT2D eigenvalue weighted by Crippen LogP contribution is 2.17. The Labute approximate surface area is 138 Å². The molecule has 1 rings (SSSR count). The maximum absolute atomic E-state index is 12.1. The first-order chi connectivity index (χ1) is 10.8. The van der Waals surface area contributed by atoms with Gasteiger partial charge in [0.1, 0.15) is 6.04 Å². The molecule has 0 saturated heterocycles. The number of urea groups is 1. The van der Waals surface area contributed by atoms with Gasteiger partial charge >= 0.3 is 6.03 Å². The normalized spacial score (nSPS) is 13.4. The van der Waals surface area contributed by atoms with E-state index in [1.807, 2.05) is 19.1 Å². The van der Waals surface area contributed by atoms with Crippen LogP contribution in [0.5, 0.6) is 0 Å². The zero-order chi connectivity index (χ0) is 17.4. The molecule has 3 amide bonds. The van der Waals surface area contributed by atoms with Crippen LogP contribution in [-0.2, 0) is 4.79 Å². The summed E-state index contributed by atoms with van der Waals surface area (Å²) in [5.74, 6) is 0.203. The molecule has 0 aliphatic rings. The summed E-state index contributed by atoms with van der Waals surface area (Å²) in [5, 5.41) is 5.22. The molecule has 6 nitrogen and oxygen atoms in total. The molecule has 0 bridgehead atoms. The summed E-state index contributed by atoms with van der Waals surface area (Å²) < 4.78 is 0. The number of nitrogens with one attached hydrogen (secondary N) is 2. The number of rotatable bonds is 8. The Balaban J connectivity index is 2.57. The highest BCUT2D eigenvalue weighted by Gasteiger charge is 2.19. The van der Waals surface area contributed by atoms with Gasteiger partial charge in [-0.1, -0.05) is 51.5 Å². The largest absolute Gasteiger partial charge is 0.352 e. The Hall–Kier alpha value is -2.08. The van der Waals surface area contributed by atoms with Crippen molar-refractivity contribution in [2.24, 2.45) is 11.5 Å². The SMILES string of the molecule is CCC[C@@H](NC(N)=O)C(=O)NCC(N)c1ccc(C(C)C)cc1. The number of hydrogen-bond acceptors (Lipinski definition) is 3. The fraction of sp³-hybridized carbons (Fsp3) is 0.529. The topological polar surface area (TPSA) is 110 Å². The van der Waals surface area contributed by atoms with Gasteiger partial charge in [-0.15, -0.1) is 0 Å². The standard InChI is InChI=1S/C17H28N4O2/c1-4-5-15(21-17(19)23)16(22)20-10-14(18)13-8-6-12(7-9-13)11(2)3/h6-9,11,14-15H,4-5,10,18H2,1-3H3,(H,20,22)(H3,19,21,23)/t14?,15-/m1/s1. The average molecular weight is 320 g/mol. The van der Waals surface area contributed by atoms with Gasteiger partial charge < -0.3 is 22.1 Å². The lowest BCUT2D eigenvalue weighted by molar-refractivity contribution is -0.123. The Morgan fingerprint density at radius 2 is 1.70 bits per heavy atom. The summed E-state index contributed by atoms with van der Waals surface area (Å²) in [6, 6.07) is 6.46. The highest BCUT2D eigenvalue weighted by molar-refractivity contribution is 5.86. The average Bonchev–Trinajstić information content (AvgIpc) is 2.51. The van der Waals surface area contributed by atoms with E-state index in [1.165, 1.54) is 5.56 Å². The molecule has 0 spiro atoms. The van der Waals surface area contributed by atoms with E-state index in [4.69, 9.17) is 11.5 Å². The first kappa shape index (κ1) is 19.0. The smallest absolute Gasteiger partial charge is 0.312 e. The van der Waals surface area contributed by atoms with Gasteiger partial charge in [-0.25, -0.2) is 4.79 Å². The van der Waals surface area contributed by atoms with E-state index in [9.17, 15) is 9.59 Å². The molecule has 1 aromatic rings. The Bertz CT molecular complexity index is 514. The Kier molecular flexibility index (Phi) is 7.54. The van der Waals surface area contributed by atoms with Crippen LogP contribution in [0.25, 0.3) is 0 Å². The first-order valence-electron chi connectivity index (χ1n) is 8.04. The van der Waals surface area contributed by atoms with E-state index < -0.39 is 12.1 Å². The van der Waals surface area contributed by atoms with E-state index in [2.05, 4.69) is 36.6 Å². The minimum atomic E-state index is -0.702. The fourth-order valence-corrected chi connectivity index (χ4v) is 2.31. The van der Waals surface area contributed by atoms with E-state index in [1.54, 1.807) is 0 Å². The number of hydrogen-bond donors (Lipinski definition) is 4. The van der Waals surface area contributed by atoms with Gasteiger partial charge in [-0.05, 0) is 23.5 Å². The van der Waals surface area contributed by atoms with Crippen molar-refractivity contribution in [3.63, 3.8) is 0 Å². The molecule has 2 atom stereocenters. The van der Waals surface area contributed by atoms with Gasteiger partial charge in [-0.3, -0.25) is 4.79 Å². The van der Waals surface area contributed by atoms with Gasteiger partial charge in [0.05, 0.1) is 0 Å². The molecular formula is C17H28N4O2. The second kappa shape index (κ2) is 9.15. The van der Waals surface area contributed by atoms with E-state index in [0.717, 1.165) is 12.0 Å². The summed E-state index contributed by atoms with van der Waals surface area (Å²) >= 11 is 0. The third-order valence-corrected chi connectivity index (χ3v) is 3.74. The van der Waals surface area contributed by atoms with Crippen molar-refractivity contribution >= 4 is 11.9 Å². The summed E-state index contributed by atoms with van der Waals surface area (Å²) in [5.41, 5.74) is 13.4. The molecule has 0 fully saturated rings. The zero-order valence-electron chi connectivity index (χ0n) is 14.1. The maximum atomic E-state index is 12.1. The van der Waals surface area contributed by atoms with Crippen molar-refractivity contribution in [1.29, 1.82) is 0 Å². The maximum Gasteiger partial charge on any atom is 0.312 e. The van der Waals surface area contributed by atoms with Crippen LogP contribution in [0, 0.1) is 0 Å². The molecule has 0 heterocycles. The van der Waals surface area contributed by atoms with Gasteiger partial charge in [-0.2, -0.15) is 0 Å². The van der Waals surface area contributed by atoms with Crippen LogP contribution in [0.4, 0.5) is 4.79 Å². The number of carbonyl (C=O) groups is 2. The summed E-state index contributed by atoms with van der Waals surface area (Å²) in [6.45, 7) is 6.51. The molecular weight excluding hydrogens is 292 g/mol. The summed E-state index contributed by atoms with van der Waals surface area (Å²) in [7, 11) is 0. The second-order valence-electron chi connectivity index (χ2n) is 6.02. The minimum absolute atomic E-state index is 0.264. The Morgan fingerprint density at radius 3 is 2.17 bits per heavy atom. The van der Waals surface area contributed by atoms with Crippen molar-refractivity contribution in [2.75, 3.05) is 6.54 Å². The van der Waals surface area contributed by atoms with Gasteiger partial charge in [0.15, 0.2) is 0 Å². The molecule has 23 heavy (non-hydrogen) atoms. The van der Waals surface area contributed by atoms with Crippen molar-refractivity contribution in [1.82, 2.24) is 10.6 Å². The molecule has 1 aromatic carbocycles. The molecule has 0 aliphatic carbocycles. The van der Waals surface area contributed by atoms with E-state index in [0.29, 0.717) is 18.9 Å². The van der Waals surface area contributed by atoms with Crippen LogP contribution < -0.4 is 22.1 Å². The van der Waals surface area contributed by atoms with E-state index >= 15 is 0 Å². The molecule has 0 radical (unpaired) electrons. The zero-order valence-corrected chi connectivity index (χ0v) is 14.1. The summed E-state index contributed by atoms with van der Waals surface area (Å²) in [4.78, 5) is 23.1. The molecule has 0 aromatic heterocycles. The van der Waals surface area contributed by atoms with Gasteiger partial charge in [0.25, 0.3) is 0 Å². The molecule has 1 unspecified atom stereocenters. The van der Waals surface area contributed by atoms with Gasteiger partial charge in [0, 0.05) is 12.6 Å². The first-order valence-corrected chi connectivity index (χ1v) is 8.04. The number of benzene rings is 1. The van der Waals surface area contributed by atoms with Gasteiger partial charge in [0.2, 0.25) is 5.91 Å². The second-order valence-corrected chi connectivity index (χ2v) is 6.02. The Morgan fingerprint density at radius 1 is 1.13 bits per heavy atom. The molecule has 128 valence electrons. The van der Waals surface area contributed by atoms with Crippen LogP contribution in [0.1, 0.15) is 56.7 Å². The lowest BCUT2D eigenvalue weighted by atomic mass is 9.99. The quantitative estimate of drug-likeness (QED) is 0.585. The number of primary amides is 1. The molecule has 6 N–H and O–H groups in total. The predicted molar refractivity (Wildman–Crippen MR) is 91.9 cm³/mol. The van der Waals surface area contributed by atoms with Crippen molar-refractivity contribution < 1.29 is 9.59 Å². The fourth-order valence-electron chi connectivity index (χ4n) is 2.31. The van der Waals surface area contributed by atoms with Crippen LogP contribution in [0.2, 0.25) is 0 Å². The predicted octanol–water partition coefficient (Wildman–Crippen LogP) is 1.76. The van der Waals surface area contributed by atoms with Crippen LogP contribution in [-0.4, -0.2) is 24.5 Å². The van der Waals surface area contributed by atoms with Crippen molar-refractivity contribution in [3.8, 4) is 0 Å². The number of carbonyl (C=O) groups excluding carboxylic acids is 2. The lowest BCUT2D eigenvalue weighted by Crippen LogP contribution is -2.49. The summed E-state index contributed by atoms with van der Waals surface area (Å²) in [6.07, 6.45) is 1.30. The van der Waals surface area contributed by atoms with Crippen LogP contribution >= 0.6 is 0 Å². The third kappa shape index (κ3) is 6.28. The number of nitrogens with two attached hydrogens (primary N) is 2. The van der Waals surface area contributed by atoms with Crippen molar-refractivity contribution in [2.45, 2.75) is 51.6 Å². The molecule has 0 aliphatic heterocycles. The van der Waals surface area contributed by atoms with Crippen LogP contribution in [0.3, 0.4) is 0 Å². The highest BCUT2D eigenvalue weighted by atomic mass is 16.2. The lowest BCUT2D eigenvalue weighted by Gasteiger charge is -2.19. The van der Waals surface area contributed by atoms with E-state index in [-0.39, 0.29) is 11.9 Å². The molecule has 6 heteroatoms. The van der Waals surface area contributed by atoms with Crippen molar-refractivity contribution in [3.05, 3.63) is 35.4 Å². The number of amides is 3.